The monoisotopic (exact) mass is 418 g/mol. The Hall–Kier alpha value is -3.27. The third-order valence-electron chi connectivity index (χ3n) is 4.81. The van der Waals surface area contributed by atoms with Crippen molar-refractivity contribution in [2.75, 3.05) is 6.61 Å². The molecular weight excluding hydrogens is 396 g/mol. The van der Waals surface area contributed by atoms with Gasteiger partial charge in [-0.1, -0.05) is 12.7 Å². The minimum Gasteiger partial charge on any atom is -0.459 e. The Morgan fingerprint density at radius 3 is 2.33 bits per heavy atom. The number of dihydropyridines is 1. The second-order valence-corrected chi connectivity index (χ2v) is 7.15. The number of hydrogen-bond acceptors (Lipinski definition) is 9. The van der Waals surface area contributed by atoms with Gasteiger partial charge in [-0.25, -0.2) is 14.4 Å². The quantitative estimate of drug-likeness (QED) is 0.361. The van der Waals surface area contributed by atoms with Crippen LogP contribution in [0.15, 0.2) is 41.4 Å². The van der Waals surface area contributed by atoms with Gasteiger partial charge >= 0.3 is 17.9 Å². The molecule has 160 valence electrons. The molecule has 0 bridgehead atoms. The molecule has 0 aromatic heterocycles. The van der Waals surface area contributed by atoms with Crippen LogP contribution in [0.25, 0.3) is 0 Å². The summed E-state index contributed by atoms with van der Waals surface area (Å²) in [6.07, 6.45) is 2.34. The van der Waals surface area contributed by atoms with E-state index in [0.717, 1.165) is 12.2 Å². The first-order valence-electron chi connectivity index (χ1n) is 9.38. The lowest BCUT2D eigenvalue weighted by Crippen LogP contribution is -2.42. The van der Waals surface area contributed by atoms with Crippen molar-refractivity contribution in [3.05, 3.63) is 36.5 Å². The summed E-state index contributed by atoms with van der Waals surface area (Å²) in [4.78, 5) is 51.3. The van der Waals surface area contributed by atoms with E-state index in [1.165, 1.54) is 6.92 Å². The van der Waals surface area contributed by atoms with E-state index in [4.69, 9.17) is 24.7 Å². The third-order valence-corrected chi connectivity index (χ3v) is 4.81. The SMILES string of the molecule is C=C(C)C(=O)OC[C@H]1O[C@@H](CCC2C=CC(N)=NC2=O)[C@H]2OC(=O)/C=C\C(=O)OC12. The van der Waals surface area contributed by atoms with E-state index in [2.05, 4.69) is 11.6 Å². The second kappa shape index (κ2) is 9.04. The summed E-state index contributed by atoms with van der Waals surface area (Å²) in [5, 5.41) is 0. The molecule has 1 fully saturated rings. The van der Waals surface area contributed by atoms with Gasteiger partial charge in [0.25, 0.3) is 5.91 Å². The van der Waals surface area contributed by atoms with Crippen LogP contribution in [0.3, 0.4) is 0 Å². The number of fused-ring (bicyclic) bond motifs is 1. The Labute approximate surface area is 172 Å². The number of hydrogen-bond donors (Lipinski definition) is 1. The molecule has 0 radical (unpaired) electrons. The number of rotatable bonds is 6. The zero-order chi connectivity index (χ0) is 21.8. The number of ether oxygens (including phenoxy) is 4. The Bertz CT molecular complexity index is 859. The fraction of sp³-hybridized carbons (Fsp3) is 0.450. The predicted octanol–water partition coefficient (Wildman–Crippen LogP) is 0.117. The van der Waals surface area contributed by atoms with Crippen LogP contribution < -0.4 is 5.73 Å². The summed E-state index contributed by atoms with van der Waals surface area (Å²) in [5.41, 5.74) is 5.71. The van der Waals surface area contributed by atoms with E-state index in [1.807, 2.05) is 0 Å². The Morgan fingerprint density at radius 1 is 1.10 bits per heavy atom. The molecular formula is C20H22N2O8. The number of amides is 1. The number of amidine groups is 1. The molecule has 1 amide bonds. The lowest BCUT2D eigenvalue weighted by atomic mass is 9.95. The summed E-state index contributed by atoms with van der Waals surface area (Å²) in [5.74, 6) is -2.81. The van der Waals surface area contributed by atoms with Crippen molar-refractivity contribution in [1.29, 1.82) is 0 Å². The summed E-state index contributed by atoms with van der Waals surface area (Å²) in [7, 11) is 0. The van der Waals surface area contributed by atoms with Gasteiger partial charge < -0.3 is 24.7 Å². The van der Waals surface area contributed by atoms with E-state index < -0.39 is 48.2 Å². The maximum absolute atomic E-state index is 12.0. The van der Waals surface area contributed by atoms with Crippen molar-refractivity contribution in [2.24, 2.45) is 16.6 Å². The van der Waals surface area contributed by atoms with E-state index in [9.17, 15) is 19.2 Å². The molecule has 0 aliphatic carbocycles. The van der Waals surface area contributed by atoms with Crippen LogP contribution >= 0.6 is 0 Å². The number of nitrogens with zero attached hydrogens (tertiary/aromatic N) is 1. The van der Waals surface area contributed by atoms with Crippen molar-refractivity contribution in [2.45, 2.75) is 44.2 Å². The zero-order valence-electron chi connectivity index (χ0n) is 16.3. The lowest BCUT2D eigenvalue weighted by Gasteiger charge is -2.25. The van der Waals surface area contributed by atoms with Gasteiger partial charge in [0.1, 0.15) is 18.5 Å². The van der Waals surface area contributed by atoms with Crippen molar-refractivity contribution < 1.29 is 38.1 Å². The molecule has 3 rings (SSSR count). The number of esters is 3. The third kappa shape index (κ3) is 5.01. The van der Waals surface area contributed by atoms with E-state index >= 15 is 0 Å². The molecule has 2 unspecified atom stereocenters. The number of carbonyl (C=O) groups is 4. The molecule has 0 spiro atoms. The van der Waals surface area contributed by atoms with Gasteiger partial charge in [0.2, 0.25) is 0 Å². The molecule has 5 atom stereocenters. The van der Waals surface area contributed by atoms with Gasteiger partial charge in [-0.05, 0) is 25.8 Å². The Balaban J connectivity index is 1.72. The normalized spacial score (nSPS) is 31.6. The number of aliphatic imine (C=N–C) groups is 1. The molecule has 3 aliphatic heterocycles. The molecule has 10 heteroatoms. The first kappa shape index (κ1) is 21.4. The van der Waals surface area contributed by atoms with Crippen LogP contribution in [0.5, 0.6) is 0 Å². The van der Waals surface area contributed by atoms with E-state index in [1.54, 1.807) is 12.2 Å². The van der Waals surface area contributed by atoms with Crippen LogP contribution in [0.2, 0.25) is 0 Å². The van der Waals surface area contributed by atoms with Crippen molar-refractivity contribution in [3.63, 3.8) is 0 Å². The highest BCUT2D eigenvalue weighted by Gasteiger charge is 2.50. The first-order valence-corrected chi connectivity index (χ1v) is 9.38. The van der Waals surface area contributed by atoms with Gasteiger partial charge in [0, 0.05) is 17.7 Å². The highest BCUT2D eigenvalue weighted by molar-refractivity contribution is 6.03. The zero-order valence-corrected chi connectivity index (χ0v) is 16.3. The van der Waals surface area contributed by atoms with Crippen molar-refractivity contribution >= 4 is 29.7 Å². The second-order valence-electron chi connectivity index (χ2n) is 7.15. The molecule has 10 nitrogen and oxygen atoms in total. The molecule has 3 heterocycles. The molecule has 0 aromatic carbocycles. The maximum atomic E-state index is 12.0. The van der Waals surface area contributed by atoms with Crippen molar-refractivity contribution in [3.8, 4) is 0 Å². The van der Waals surface area contributed by atoms with Crippen molar-refractivity contribution in [1.82, 2.24) is 0 Å². The molecule has 1 saturated heterocycles. The molecule has 3 aliphatic rings. The smallest absolute Gasteiger partial charge is 0.333 e. The van der Waals surface area contributed by atoms with Crippen LogP contribution in [0, 0.1) is 5.92 Å². The highest BCUT2D eigenvalue weighted by atomic mass is 16.6. The summed E-state index contributed by atoms with van der Waals surface area (Å²) in [6.45, 7) is 4.78. The molecule has 2 N–H and O–H groups in total. The summed E-state index contributed by atoms with van der Waals surface area (Å²) >= 11 is 0. The average molecular weight is 418 g/mol. The molecule has 0 saturated carbocycles. The lowest BCUT2D eigenvalue weighted by molar-refractivity contribution is -0.164. The fourth-order valence-electron chi connectivity index (χ4n) is 3.33. The molecule has 30 heavy (non-hydrogen) atoms. The van der Waals surface area contributed by atoms with Gasteiger partial charge in [-0.3, -0.25) is 4.79 Å². The predicted molar refractivity (Wildman–Crippen MR) is 102 cm³/mol. The van der Waals surface area contributed by atoms with E-state index in [-0.39, 0.29) is 23.9 Å². The fourth-order valence-corrected chi connectivity index (χ4v) is 3.33. The molecule has 0 aromatic rings. The topological polar surface area (TPSA) is 144 Å². The first-order chi connectivity index (χ1) is 14.2. The Kier molecular flexibility index (Phi) is 6.46. The minimum atomic E-state index is -0.972. The summed E-state index contributed by atoms with van der Waals surface area (Å²) < 4.78 is 21.8. The standard InChI is InChI=1S/C20H22N2O8/c1-10(2)20(26)27-9-13-18-17(29-15(23)7-8-16(24)30-18)12(28-13)5-3-11-4-6-14(21)22-19(11)25/h4,6-8,11-13,17-18H,1,3,5,9H2,2H3,(H2,21,22,25)/b8-7-/t11?,12-,13+,17+,18?/m0/s1. The number of nitrogens with two attached hydrogens (primary N) is 1. The van der Waals surface area contributed by atoms with Crippen LogP contribution in [-0.4, -0.2) is 60.7 Å². The van der Waals surface area contributed by atoms with Gasteiger partial charge in [0.05, 0.1) is 12.0 Å². The largest absolute Gasteiger partial charge is 0.459 e. The van der Waals surface area contributed by atoms with Gasteiger partial charge in [0.15, 0.2) is 12.2 Å². The minimum absolute atomic E-state index is 0.139. The number of carbonyl (C=O) groups excluding carboxylic acids is 4. The maximum Gasteiger partial charge on any atom is 0.333 e. The van der Waals surface area contributed by atoms with Crippen LogP contribution in [-0.2, 0) is 38.1 Å². The van der Waals surface area contributed by atoms with Crippen LogP contribution in [0.1, 0.15) is 19.8 Å². The Morgan fingerprint density at radius 2 is 1.73 bits per heavy atom. The van der Waals surface area contributed by atoms with Gasteiger partial charge in [-0.15, -0.1) is 0 Å². The van der Waals surface area contributed by atoms with E-state index in [0.29, 0.717) is 12.8 Å². The van der Waals surface area contributed by atoms with Crippen LogP contribution in [0.4, 0.5) is 0 Å². The van der Waals surface area contributed by atoms with Gasteiger partial charge in [-0.2, -0.15) is 4.99 Å². The highest BCUT2D eigenvalue weighted by Crippen LogP contribution is 2.32. The summed E-state index contributed by atoms with van der Waals surface area (Å²) in [6, 6.07) is 0. The average Bonchev–Trinajstić information content (AvgIpc) is 2.98.